The minimum absolute atomic E-state index is 0.419. The molecule has 0 aliphatic carbocycles. The Morgan fingerprint density at radius 2 is 2.20 bits per heavy atom. The maximum atomic E-state index is 5.97. The molecule has 0 aliphatic heterocycles. The fraction of sp³-hybridized carbons (Fsp3) is 0.545. The molecule has 0 spiro atoms. The van der Waals surface area contributed by atoms with E-state index in [4.69, 9.17) is 27.9 Å². The molecular formula is C11H15Cl2NO. The molecule has 0 N–H and O–H groups in total. The predicted octanol–water partition coefficient (Wildman–Crippen LogP) is 4.04. The van der Waals surface area contributed by atoms with Gasteiger partial charge in [-0.3, -0.25) is 0 Å². The lowest BCUT2D eigenvalue weighted by Crippen LogP contribution is -1.99. The van der Waals surface area contributed by atoms with E-state index in [1.807, 2.05) is 0 Å². The molecular weight excluding hydrogens is 233 g/mol. The highest BCUT2D eigenvalue weighted by atomic mass is 35.5. The van der Waals surface area contributed by atoms with Crippen LogP contribution in [0.1, 0.15) is 31.7 Å². The van der Waals surface area contributed by atoms with Gasteiger partial charge in [0.25, 0.3) is 0 Å². The van der Waals surface area contributed by atoms with Crippen LogP contribution >= 0.6 is 23.2 Å². The number of hydrogen-bond donors (Lipinski definition) is 0. The number of unbranched alkanes of at least 4 members (excludes halogenated alkanes) is 2. The summed E-state index contributed by atoms with van der Waals surface area (Å²) in [6.07, 6.45) is 5.06. The molecule has 0 aliphatic rings. The van der Waals surface area contributed by atoms with E-state index in [2.05, 4.69) is 11.9 Å². The number of rotatable bonds is 6. The van der Waals surface area contributed by atoms with Crippen LogP contribution in [0.5, 0.6) is 5.88 Å². The van der Waals surface area contributed by atoms with Crippen LogP contribution in [0.15, 0.2) is 12.3 Å². The molecule has 0 saturated carbocycles. The number of hydrogen-bond acceptors (Lipinski definition) is 2. The first kappa shape index (κ1) is 12.6. The summed E-state index contributed by atoms with van der Waals surface area (Å²) in [4.78, 5) is 4.11. The quantitative estimate of drug-likeness (QED) is 0.559. The van der Waals surface area contributed by atoms with Crippen LogP contribution in [-0.4, -0.2) is 11.6 Å². The fourth-order valence-electron chi connectivity index (χ4n) is 1.17. The third kappa shape index (κ3) is 4.27. The molecule has 0 saturated heterocycles. The summed E-state index contributed by atoms with van der Waals surface area (Å²) in [5, 5.41) is 0.532. The highest BCUT2D eigenvalue weighted by Gasteiger charge is 2.03. The minimum atomic E-state index is 0.419. The molecule has 2 nitrogen and oxygen atoms in total. The first-order valence-corrected chi connectivity index (χ1v) is 6.02. The van der Waals surface area contributed by atoms with Crippen molar-refractivity contribution in [1.82, 2.24) is 4.98 Å². The first-order chi connectivity index (χ1) is 7.27. The zero-order valence-electron chi connectivity index (χ0n) is 8.80. The van der Waals surface area contributed by atoms with Gasteiger partial charge in [0, 0.05) is 12.1 Å². The Morgan fingerprint density at radius 1 is 1.40 bits per heavy atom. The van der Waals surface area contributed by atoms with E-state index in [-0.39, 0.29) is 0 Å². The van der Waals surface area contributed by atoms with Crippen molar-refractivity contribution < 1.29 is 4.74 Å². The zero-order valence-corrected chi connectivity index (χ0v) is 10.3. The average Bonchev–Trinajstić information content (AvgIpc) is 2.26. The minimum Gasteiger partial charge on any atom is -0.477 e. The van der Waals surface area contributed by atoms with E-state index in [1.54, 1.807) is 12.3 Å². The summed E-state index contributed by atoms with van der Waals surface area (Å²) in [5.74, 6) is 0.921. The first-order valence-electron chi connectivity index (χ1n) is 5.11. The van der Waals surface area contributed by atoms with Gasteiger partial charge in [-0.1, -0.05) is 31.4 Å². The van der Waals surface area contributed by atoms with Gasteiger partial charge in [0.2, 0.25) is 5.88 Å². The Hall–Kier alpha value is -0.470. The summed E-state index contributed by atoms with van der Waals surface area (Å²) in [6.45, 7) is 2.82. The summed E-state index contributed by atoms with van der Waals surface area (Å²) in [5.41, 5.74) is 0.905. The lowest BCUT2D eigenvalue weighted by atomic mass is 10.3. The third-order valence-electron chi connectivity index (χ3n) is 2.01. The zero-order chi connectivity index (χ0) is 11.1. The lowest BCUT2D eigenvalue weighted by molar-refractivity contribution is 0.295. The van der Waals surface area contributed by atoms with E-state index < -0.39 is 0 Å². The Bertz CT molecular complexity index is 305. The third-order valence-corrected chi connectivity index (χ3v) is 2.58. The van der Waals surface area contributed by atoms with Gasteiger partial charge in [0.05, 0.1) is 6.61 Å². The number of aromatic nitrogens is 1. The SMILES string of the molecule is CCCCCOc1ncc(CCl)cc1Cl. The molecule has 0 fully saturated rings. The summed E-state index contributed by atoms with van der Waals surface area (Å²) >= 11 is 11.6. The fourth-order valence-corrected chi connectivity index (χ4v) is 1.55. The second kappa shape index (κ2) is 6.91. The predicted molar refractivity (Wildman–Crippen MR) is 63.8 cm³/mol. The number of ether oxygens (including phenoxy) is 1. The van der Waals surface area contributed by atoms with Crippen molar-refractivity contribution in [3.8, 4) is 5.88 Å². The molecule has 4 heteroatoms. The van der Waals surface area contributed by atoms with Crippen molar-refractivity contribution in [3.05, 3.63) is 22.8 Å². The second-order valence-electron chi connectivity index (χ2n) is 3.32. The molecule has 1 aromatic rings. The average molecular weight is 248 g/mol. The number of nitrogens with zero attached hydrogens (tertiary/aromatic N) is 1. The van der Waals surface area contributed by atoms with Crippen molar-refractivity contribution in [2.75, 3.05) is 6.61 Å². The van der Waals surface area contributed by atoms with E-state index >= 15 is 0 Å². The van der Waals surface area contributed by atoms with Gasteiger partial charge in [0.15, 0.2) is 0 Å². The molecule has 84 valence electrons. The van der Waals surface area contributed by atoms with Gasteiger partial charge < -0.3 is 4.74 Å². The number of halogens is 2. The van der Waals surface area contributed by atoms with Crippen molar-refractivity contribution in [2.45, 2.75) is 32.1 Å². The highest BCUT2D eigenvalue weighted by molar-refractivity contribution is 6.32. The maximum Gasteiger partial charge on any atom is 0.232 e. The van der Waals surface area contributed by atoms with Crippen molar-refractivity contribution >= 4 is 23.2 Å². The molecule has 1 aromatic heterocycles. The van der Waals surface area contributed by atoms with Gasteiger partial charge in [-0.2, -0.15) is 0 Å². The van der Waals surface area contributed by atoms with Crippen LogP contribution in [0.3, 0.4) is 0 Å². The molecule has 0 amide bonds. The van der Waals surface area contributed by atoms with Crippen LogP contribution in [0.25, 0.3) is 0 Å². The Labute approximate surface area is 101 Å². The van der Waals surface area contributed by atoms with Crippen molar-refractivity contribution in [2.24, 2.45) is 0 Å². The van der Waals surface area contributed by atoms with E-state index in [0.717, 1.165) is 18.4 Å². The van der Waals surface area contributed by atoms with Gasteiger partial charge in [-0.05, 0) is 18.1 Å². The van der Waals surface area contributed by atoms with Gasteiger partial charge in [0.1, 0.15) is 5.02 Å². The van der Waals surface area contributed by atoms with E-state index in [1.165, 1.54) is 6.42 Å². The second-order valence-corrected chi connectivity index (χ2v) is 3.99. The van der Waals surface area contributed by atoms with Gasteiger partial charge in [-0.15, -0.1) is 11.6 Å². The molecule has 0 unspecified atom stereocenters. The lowest BCUT2D eigenvalue weighted by Gasteiger charge is -2.06. The molecule has 1 heterocycles. The molecule has 0 radical (unpaired) electrons. The maximum absolute atomic E-state index is 5.97. The number of alkyl halides is 1. The largest absolute Gasteiger partial charge is 0.477 e. The molecule has 1 rings (SSSR count). The molecule has 0 bridgehead atoms. The number of pyridine rings is 1. The summed E-state index contributed by atoms with van der Waals surface area (Å²) in [7, 11) is 0. The van der Waals surface area contributed by atoms with Gasteiger partial charge >= 0.3 is 0 Å². The van der Waals surface area contributed by atoms with Crippen molar-refractivity contribution in [3.63, 3.8) is 0 Å². The molecule has 0 atom stereocenters. The summed E-state index contributed by atoms with van der Waals surface area (Å²) < 4.78 is 5.45. The molecule has 0 aromatic carbocycles. The Morgan fingerprint density at radius 3 is 2.80 bits per heavy atom. The Balaban J connectivity index is 2.47. The Kier molecular flexibility index (Phi) is 5.81. The topological polar surface area (TPSA) is 22.1 Å². The standard InChI is InChI=1S/C11H15Cl2NO/c1-2-3-4-5-15-11-10(13)6-9(7-12)8-14-11/h6,8H,2-5,7H2,1H3. The smallest absolute Gasteiger partial charge is 0.232 e. The van der Waals surface area contributed by atoms with E-state index in [9.17, 15) is 0 Å². The van der Waals surface area contributed by atoms with E-state index in [0.29, 0.717) is 23.4 Å². The van der Waals surface area contributed by atoms with Crippen molar-refractivity contribution in [1.29, 1.82) is 0 Å². The van der Waals surface area contributed by atoms with Crippen LogP contribution in [0.2, 0.25) is 5.02 Å². The monoisotopic (exact) mass is 247 g/mol. The highest BCUT2D eigenvalue weighted by Crippen LogP contribution is 2.23. The van der Waals surface area contributed by atoms with Crippen LogP contribution in [0, 0.1) is 0 Å². The molecule has 15 heavy (non-hydrogen) atoms. The van der Waals surface area contributed by atoms with Gasteiger partial charge in [-0.25, -0.2) is 4.98 Å². The van der Waals surface area contributed by atoms with Crippen LogP contribution < -0.4 is 4.74 Å². The normalized spacial score (nSPS) is 10.3. The summed E-state index contributed by atoms with van der Waals surface area (Å²) in [6, 6.07) is 1.79. The van der Waals surface area contributed by atoms with Crippen LogP contribution in [-0.2, 0) is 5.88 Å². The van der Waals surface area contributed by atoms with Crippen LogP contribution in [0.4, 0.5) is 0 Å².